The summed E-state index contributed by atoms with van der Waals surface area (Å²) in [4.78, 5) is 17.1. The van der Waals surface area contributed by atoms with Gasteiger partial charge in [-0.1, -0.05) is 32.0 Å². The van der Waals surface area contributed by atoms with Crippen molar-refractivity contribution in [2.24, 2.45) is 0 Å². The number of anilines is 1. The molecule has 0 saturated carbocycles. The lowest BCUT2D eigenvalue weighted by Gasteiger charge is -2.05. The summed E-state index contributed by atoms with van der Waals surface area (Å²) in [5, 5.41) is 2.92. The molecule has 0 saturated heterocycles. The summed E-state index contributed by atoms with van der Waals surface area (Å²) >= 11 is 2.19. The minimum Gasteiger partial charge on any atom is -0.436 e. The fourth-order valence-corrected chi connectivity index (χ4v) is 3.52. The molecule has 1 N–H and O–H groups in total. The molecular weight excluding hydrogens is 463 g/mol. The maximum absolute atomic E-state index is 12.5. The number of oxazole rings is 1. The zero-order chi connectivity index (χ0) is 19.7. The molecule has 0 atom stereocenters. The molecule has 28 heavy (non-hydrogen) atoms. The number of nitrogens with zero attached hydrogens (tertiary/aromatic N) is 1. The fraction of sp³-hybridized carbons (Fsp3) is 0.130. The molecule has 4 aromatic rings. The van der Waals surface area contributed by atoms with E-state index in [0.717, 1.165) is 9.13 Å². The Hall–Kier alpha value is -2.67. The first-order valence-corrected chi connectivity index (χ1v) is 10.2. The Morgan fingerprint density at radius 2 is 1.82 bits per heavy atom. The van der Waals surface area contributed by atoms with Crippen LogP contribution in [0.25, 0.3) is 22.6 Å². The van der Waals surface area contributed by atoms with E-state index in [-0.39, 0.29) is 5.91 Å². The van der Waals surface area contributed by atoms with E-state index in [4.69, 9.17) is 4.42 Å². The maximum Gasteiger partial charge on any atom is 0.255 e. The number of hydrogen-bond acceptors (Lipinski definition) is 3. The standard InChI is InChI=1S/C23H19IN2O2/c1-14(2)15-6-8-16(9-7-15)23-26-20-13-19(10-11-21(20)28-23)25-22(27)17-4-3-5-18(24)12-17/h3-14H,1-2H3,(H,25,27). The quantitative estimate of drug-likeness (QED) is 0.339. The second-order valence-corrected chi connectivity index (χ2v) is 8.19. The first kappa shape index (κ1) is 18.7. The highest BCUT2D eigenvalue weighted by atomic mass is 127. The van der Waals surface area contributed by atoms with Crippen LogP contribution >= 0.6 is 22.6 Å². The van der Waals surface area contributed by atoms with E-state index in [1.54, 1.807) is 6.07 Å². The van der Waals surface area contributed by atoms with Crippen molar-refractivity contribution in [2.45, 2.75) is 19.8 Å². The minimum absolute atomic E-state index is 0.147. The summed E-state index contributed by atoms with van der Waals surface area (Å²) in [7, 11) is 0. The third-order valence-corrected chi connectivity index (χ3v) is 5.23. The number of carbonyl (C=O) groups is 1. The summed E-state index contributed by atoms with van der Waals surface area (Å²) in [5.74, 6) is 0.911. The lowest BCUT2D eigenvalue weighted by molar-refractivity contribution is 0.102. The van der Waals surface area contributed by atoms with Gasteiger partial charge in [-0.15, -0.1) is 0 Å². The zero-order valence-corrected chi connectivity index (χ0v) is 17.7. The van der Waals surface area contributed by atoms with E-state index in [1.165, 1.54) is 5.56 Å². The number of halogens is 1. The molecule has 5 heteroatoms. The van der Waals surface area contributed by atoms with Gasteiger partial charge in [-0.3, -0.25) is 4.79 Å². The maximum atomic E-state index is 12.5. The first-order valence-electron chi connectivity index (χ1n) is 9.07. The van der Waals surface area contributed by atoms with Crippen LogP contribution in [0.1, 0.15) is 35.7 Å². The number of hydrogen-bond donors (Lipinski definition) is 1. The number of benzene rings is 3. The largest absolute Gasteiger partial charge is 0.436 e. The van der Waals surface area contributed by atoms with Gasteiger partial charge in [0.25, 0.3) is 5.91 Å². The smallest absolute Gasteiger partial charge is 0.255 e. The van der Waals surface area contributed by atoms with Crippen LogP contribution in [0, 0.1) is 3.57 Å². The Balaban J connectivity index is 1.58. The molecule has 3 aromatic carbocycles. The summed E-state index contributed by atoms with van der Waals surface area (Å²) in [6, 6.07) is 21.2. The van der Waals surface area contributed by atoms with Crippen LogP contribution in [0.3, 0.4) is 0 Å². The second kappa shape index (κ2) is 7.75. The van der Waals surface area contributed by atoms with Crippen LogP contribution in [0.4, 0.5) is 5.69 Å². The monoisotopic (exact) mass is 482 g/mol. The van der Waals surface area contributed by atoms with Gasteiger partial charge in [0.05, 0.1) is 0 Å². The fourth-order valence-electron chi connectivity index (χ4n) is 2.97. The number of fused-ring (bicyclic) bond motifs is 1. The van der Waals surface area contributed by atoms with Gasteiger partial charge >= 0.3 is 0 Å². The molecule has 0 aliphatic carbocycles. The SMILES string of the molecule is CC(C)c1ccc(-c2nc3cc(NC(=O)c4cccc(I)c4)ccc3o2)cc1. The van der Waals surface area contributed by atoms with Gasteiger partial charge in [-0.05, 0) is 82.6 Å². The zero-order valence-electron chi connectivity index (χ0n) is 15.6. The molecule has 1 heterocycles. The van der Waals surface area contributed by atoms with E-state index in [2.05, 4.69) is 58.9 Å². The highest BCUT2D eigenvalue weighted by Crippen LogP contribution is 2.27. The molecule has 0 bridgehead atoms. The van der Waals surface area contributed by atoms with Crippen molar-refractivity contribution in [1.82, 2.24) is 4.98 Å². The van der Waals surface area contributed by atoms with Gasteiger partial charge < -0.3 is 9.73 Å². The van der Waals surface area contributed by atoms with E-state index in [0.29, 0.717) is 34.2 Å². The van der Waals surface area contributed by atoms with Crippen molar-refractivity contribution < 1.29 is 9.21 Å². The average molecular weight is 482 g/mol. The minimum atomic E-state index is -0.147. The van der Waals surface area contributed by atoms with Crippen molar-refractivity contribution in [1.29, 1.82) is 0 Å². The van der Waals surface area contributed by atoms with Crippen LogP contribution in [0.15, 0.2) is 71.1 Å². The third kappa shape index (κ3) is 3.94. The lowest BCUT2D eigenvalue weighted by Crippen LogP contribution is -2.11. The molecule has 0 unspecified atom stereocenters. The molecule has 4 nitrogen and oxygen atoms in total. The van der Waals surface area contributed by atoms with Crippen LogP contribution in [0.2, 0.25) is 0 Å². The molecule has 0 aliphatic heterocycles. The third-order valence-electron chi connectivity index (χ3n) is 4.56. The number of amides is 1. The predicted molar refractivity (Wildman–Crippen MR) is 121 cm³/mol. The van der Waals surface area contributed by atoms with Crippen LogP contribution in [0.5, 0.6) is 0 Å². The Labute approximate surface area is 177 Å². The molecule has 140 valence electrons. The van der Waals surface area contributed by atoms with Crippen LogP contribution < -0.4 is 5.32 Å². The van der Waals surface area contributed by atoms with Gasteiger partial charge in [0.1, 0.15) is 5.52 Å². The molecule has 1 aromatic heterocycles. The lowest BCUT2D eigenvalue weighted by atomic mass is 10.0. The Morgan fingerprint density at radius 3 is 2.54 bits per heavy atom. The second-order valence-electron chi connectivity index (χ2n) is 6.94. The van der Waals surface area contributed by atoms with Gasteiger partial charge in [0, 0.05) is 20.4 Å². The van der Waals surface area contributed by atoms with E-state index in [1.807, 2.05) is 48.5 Å². The Kier molecular flexibility index (Phi) is 5.17. The number of aromatic nitrogens is 1. The molecule has 0 radical (unpaired) electrons. The number of nitrogens with one attached hydrogen (secondary N) is 1. The van der Waals surface area contributed by atoms with Crippen LogP contribution in [-0.4, -0.2) is 10.9 Å². The topological polar surface area (TPSA) is 55.1 Å². The average Bonchev–Trinajstić information content (AvgIpc) is 3.11. The normalized spacial score (nSPS) is 11.1. The van der Waals surface area contributed by atoms with Crippen molar-refractivity contribution in [2.75, 3.05) is 5.32 Å². The highest BCUT2D eigenvalue weighted by Gasteiger charge is 2.11. The van der Waals surface area contributed by atoms with Crippen molar-refractivity contribution in [3.63, 3.8) is 0 Å². The van der Waals surface area contributed by atoms with E-state index >= 15 is 0 Å². The van der Waals surface area contributed by atoms with Gasteiger partial charge in [0.2, 0.25) is 5.89 Å². The summed E-state index contributed by atoms with van der Waals surface area (Å²) in [5.41, 5.74) is 4.92. The van der Waals surface area contributed by atoms with Gasteiger partial charge in [-0.25, -0.2) is 4.98 Å². The molecule has 0 aliphatic rings. The summed E-state index contributed by atoms with van der Waals surface area (Å²) in [6.45, 7) is 4.33. The predicted octanol–water partition coefficient (Wildman–Crippen LogP) is 6.48. The van der Waals surface area contributed by atoms with E-state index in [9.17, 15) is 4.79 Å². The molecule has 0 fully saturated rings. The highest BCUT2D eigenvalue weighted by molar-refractivity contribution is 14.1. The summed E-state index contributed by atoms with van der Waals surface area (Å²) in [6.07, 6.45) is 0. The number of rotatable bonds is 4. The first-order chi connectivity index (χ1) is 13.5. The Morgan fingerprint density at radius 1 is 1.04 bits per heavy atom. The summed E-state index contributed by atoms with van der Waals surface area (Å²) < 4.78 is 6.91. The number of carbonyl (C=O) groups excluding carboxylic acids is 1. The molecule has 1 amide bonds. The Bertz CT molecular complexity index is 1150. The van der Waals surface area contributed by atoms with E-state index < -0.39 is 0 Å². The molecule has 4 rings (SSSR count). The van der Waals surface area contributed by atoms with Crippen molar-refractivity contribution >= 4 is 45.3 Å². The van der Waals surface area contributed by atoms with Crippen molar-refractivity contribution in [3.05, 3.63) is 81.4 Å². The van der Waals surface area contributed by atoms with Crippen molar-refractivity contribution in [3.8, 4) is 11.5 Å². The molecule has 0 spiro atoms. The van der Waals surface area contributed by atoms with Crippen LogP contribution in [-0.2, 0) is 0 Å². The van der Waals surface area contributed by atoms with Gasteiger partial charge in [-0.2, -0.15) is 0 Å². The molecular formula is C23H19IN2O2. The van der Waals surface area contributed by atoms with Gasteiger partial charge in [0.15, 0.2) is 5.58 Å².